The van der Waals surface area contributed by atoms with Crippen molar-refractivity contribution in [2.75, 3.05) is 18.4 Å². The molecule has 2 amide bonds. The Bertz CT molecular complexity index is 1330. The third-order valence-electron chi connectivity index (χ3n) is 6.12. The molecule has 0 bridgehead atoms. The van der Waals surface area contributed by atoms with Crippen molar-refractivity contribution < 1.29 is 18.7 Å². The number of anilines is 1. The van der Waals surface area contributed by atoms with Crippen LogP contribution in [0.3, 0.4) is 0 Å². The molecular weight excluding hydrogens is 473 g/mol. The first-order valence-corrected chi connectivity index (χ1v) is 11.9. The largest absolute Gasteiger partial charge is 0.457 e. The van der Waals surface area contributed by atoms with E-state index in [1.165, 1.54) is 18.5 Å². The van der Waals surface area contributed by atoms with Gasteiger partial charge in [0, 0.05) is 37.2 Å². The quantitative estimate of drug-likeness (QED) is 0.379. The lowest BCUT2D eigenvalue weighted by Gasteiger charge is -2.29. The molecule has 0 saturated carbocycles. The first-order valence-electron chi connectivity index (χ1n) is 11.9. The number of hydrogen-bond acceptors (Lipinski definition) is 5. The van der Waals surface area contributed by atoms with Gasteiger partial charge in [-0.1, -0.05) is 30.3 Å². The number of ether oxygens (including phenoxy) is 1. The van der Waals surface area contributed by atoms with Gasteiger partial charge in [0.25, 0.3) is 5.91 Å². The van der Waals surface area contributed by atoms with Crippen LogP contribution in [0, 0.1) is 5.82 Å². The zero-order valence-corrected chi connectivity index (χ0v) is 20.0. The molecule has 0 spiro atoms. The third kappa shape index (κ3) is 6.02. The summed E-state index contributed by atoms with van der Waals surface area (Å²) in [6, 6.07) is 22.5. The van der Waals surface area contributed by atoms with Crippen molar-refractivity contribution in [1.82, 2.24) is 19.8 Å². The molecular formula is C28H26FN5O3. The van der Waals surface area contributed by atoms with Gasteiger partial charge in [-0.25, -0.2) is 9.37 Å². The van der Waals surface area contributed by atoms with Crippen LogP contribution in [0.4, 0.5) is 10.1 Å². The molecule has 1 aliphatic rings. The standard InChI is InChI=1S/C28H26FN5O3/c29-21-6-10-24(11-7-21)37-25-12-8-22(9-13-25)32-27(36)28-33(18-20-4-2-1-3-5-20)14-15-34(28)26(35)16-23-17-30-19-31-23/h1-13,17,19,28H,14-16,18H2,(H,30,31)(H,32,36)/t28-/m1/s1. The zero-order valence-electron chi connectivity index (χ0n) is 20.0. The van der Waals surface area contributed by atoms with Gasteiger partial charge in [0.05, 0.1) is 12.7 Å². The van der Waals surface area contributed by atoms with Gasteiger partial charge in [0.1, 0.15) is 17.3 Å². The minimum Gasteiger partial charge on any atom is -0.457 e. The molecule has 188 valence electrons. The Morgan fingerprint density at radius 2 is 1.68 bits per heavy atom. The lowest BCUT2D eigenvalue weighted by atomic mass is 10.2. The van der Waals surface area contributed by atoms with Gasteiger partial charge in [0.2, 0.25) is 5.91 Å². The fraction of sp³-hybridized carbons (Fsp3) is 0.179. The summed E-state index contributed by atoms with van der Waals surface area (Å²) in [6.45, 7) is 1.56. The molecule has 4 aromatic rings. The van der Waals surface area contributed by atoms with E-state index < -0.39 is 6.17 Å². The van der Waals surface area contributed by atoms with Crippen molar-refractivity contribution in [2.45, 2.75) is 19.1 Å². The third-order valence-corrected chi connectivity index (χ3v) is 6.12. The molecule has 0 unspecified atom stereocenters. The fourth-order valence-corrected chi connectivity index (χ4v) is 4.33. The number of halogens is 1. The molecule has 1 aromatic heterocycles. The maximum atomic E-state index is 13.5. The summed E-state index contributed by atoms with van der Waals surface area (Å²) < 4.78 is 18.8. The minimum atomic E-state index is -0.759. The van der Waals surface area contributed by atoms with Crippen molar-refractivity contribution >= 4 is 17.5 Å². The first-order chi connectivity index (χ1) is 18.0. The van der Waals surface area contributed by atoms with Crippen LogP contribution in [-0.4, -0.2) is 50.8 Å². The van der Waals surface area contributed by atoms with Gasteiger partial charge < -0.3 is 19.9 Å². The number of carbonyl (C=O) groups is 2. The molecule has 0 aliphatic carbocycles. The fourth-order valence-electron chi connectivity index (χ4n) is 4.33. The molecule has 1 aliphatic heterocycles. The van der Waals surface area contributed by atoms with Crippen LogP contribution in [0.1, 0.15) is 11.3 Å². The van der Waals surface area contributed by atoms with Crippen LogP contribution in [-0.2, 0) is 22.6 Å². The number of carbonyl (C=O) groups excluding carboxylic acids is 2. The van der Waals surface area contributed by atoms with E-state index in [-0.39, 0.29) is 24.1 Å². The van der Waals surface area contributed by atoms with Crippen molar-refractivity contribution in [3.63, 3.8) is 0 Å². The summed E-state index contributed by atoms with van der Waals surface area (Å²) in [5.41, 5.74) is 2.33. The number of H-pyrrole nitrogens is 1. The number of hydrogen-bond donors (Lipinski definition) is 2. The zero-order chi connectivity index (χ0) is 25.6. The summed E-state index contributed by atoms with van der Waals surface area (Å²) in [4.78, 5) is 37.2. The van der Waals surface area contributed by atoms with Gasteiger partial charge in [-0.3, -0.25) is 14.5 Å². The van der Waals surface area contributed by atoms with Crippen LogP contribution in [0.2, 0.25) is 0 Å². The van der Waals surface area contributed by atoms with Crippen molar-refractivity contribution in [3.8, 4) is 11.5 Å². The number of nitrogens with one attached hydrogen (secondary N) is 2. The van der Waals surface area contributed by atoms with Crippen LogP contribution < -0.4 is 10.1 Å². The minimum absolute atomic E-state index is 0.137. The molecule has 9 heteroatoms. The second-order valence-electron chi connectivity index (χ2n) is 8.74. The predicted octanol–water partition coefficient (Wildman–Crippen LogP) is 4.19. The molecule has 5 rings (SSSR count). The van der Waals surface area contributed by atoms with Crippen LogP contribution in [0.5, 0.6) is 11.5 Å². The molecule has 1 saturated heterocycles. The molecule has 1 fully saturated rings. The maximum absolute atomic E-state index is 13.5. The average molecular weight is 500 g/mol. The lowest BCUT2D eigenvalue weighted by Crippen LogP contribution is -2.50. The Balaban J connectivity index is 1.30. The molecule has 0 radical (unpaired) electrons. The number of aromatic amines is 1. The lowest BCUT2D eigenvalue weighted by molar-refractivity contribution is -0.139. The van der Waals surface area contributed by atoms with Crippen LogP contribution >= 0.6 is 0 Å². The SMILES string of the molecule is O=C(Nc1ccc(Oc2ccc(F)cc2)cc1)[C@@H]1N(Cc2ccccc2)CCN1C(=O)Cc1cnc[nH]1. The van der Waals surface area contributed by atoms with Gasteiger partial charge in [0.15, 0.2) is 6.17 Å². The normalized spacial score (nSPS) is 15.5. The molecule has 3 aromatic carbocycles. The summed E-state index contributed by atoms with van der Waals surface area (Å²) in [5, 5.41) is 2.94. The summed E-state index contributed by atoms with van der Waals surface area (Å²) >= 11 is 0. The smallest absolute Gasteiger partial charge is 0.262 e. The maximum Gasteiger partial charge on any atom is 0.262 e. The van der Waals surface area contributed by atoms with Crippen molar-refractivity contribution in [2.24, 2.45) is 0 Å². The Morgan fingerprint density at radius 3 is 2.35 bits per heavy atom. The second kappa shape index (κ2) is 11.0. The number of imidazole rings is 1. The molecule has 37 heavy (non-hydrogen) atoms. The highest BCUT2D eigenvalue weighted by Gasteiger charge is 2.40. The van der Waals surface area contributed by atoms with E-state index in [0.29, 0.717) is 42.5 Å². The van der Waals surface area contributed by atoms with Gasteiger partial charge in [-0.15, -0.1) is 0 Å². The topological polar surface area (TPSA) is 90.6 Å². The number of benzene rings is 3. The van der Waals surface area contributed by atoms with Gasteiger partial charge in [-0.05, 0) is 54.1 Å². The molecule has 1 atom stereocenters. The van der Waals surface area contributed by atoms with E-state index in [0.717, 1.165) is 5.56 Å². The average Bonchev–Trinajstić information content (AvgIpc) is 3.57. The van der Waals surface area contributed by atoms with E-state index in [4.69, 9.17) is 4.74 Å². The number of nitrogens with zero attached hydrogens (tertiary/aromatic N) is 3. The number of aromatic nitrogens is 2. The predicted molar refractivity (Wildman–Crippen MR) is 136 cm³/mol. The Kier molecular flexibility index (Phi) is 7.23. The highest BCUT2D eigenvalue weighted by atomic mass is 19.1. The Hall–Kier alpha value is -4.50. The molecule has 2 N–H and O–H groups in total. The summed E-state index contributed by atoms with van der Waals surface area (Å²) in [5.74, 6) is 0.275. The van der Waals surface area contributed by atoms with Gasteiger partial charge in [-0.2, -0.15) is 0 Å². The van der Waals surface area contributed by atoms with E-state index >= 15 is 0 Å². The monoisotopic (exact) mass is 499 g/mol. The van der Waals surface area contributed by atoms with Crippen LogP contribution in [0.15, 0.2) is 91.4 Å². The van der Waals surface area contributed by atoms with Crippen molar-refractivity contribution in [3.05, 3.63) is 108 Å². The number of amides is 2. The molecule has 8 nitrogen and oxygen atoms in total. The van der Waals surface area contributed by atoms with Gasteiger partial charge >= 0.3 is 0 Å². The highest BCUT2D eigenvalue weighted by molar-refractivity contribution is 5.97. The van der Waals surface area contributed by atoms with E-state index in [1.54, 1.807) is 47.5 Å². The summed E-state index contributed by atoms with van der Waals surface area (Å²) in [7, 11) is 0. The van der Waals surface area contributed by atoms with E-state index in [9.17, 15) is 14.0 Å². The second-order valence-corrected chi connectivity index (χ2v) is 8.74. The molecule has 2 heterocycles. The Labute approximate surface area is 213 Å². The first kappa shape index (κ1) is 24.2. The Morgan fingerprint density at radius 1 is 0.973 bits per heavy atom. The highest BCUT2D eigenvalue weighted by Crippen LogP contribution is 2.25. The van der Waals surface area contributed by atoms with Crippen molar-refractivity contribution in [1.29, 1.82) is 0 Å². The van der Waals surface area contributed by atoms with Crippen LogP contribution in [0.25, 0.3) is 0 Å². The van der Waals surface area contributed by atoms with E-state index in [1.807, 2.05) is 35.2 Å². The summed E-state index contributed by atoms with van der Waals surface area (Å²) in [6.07, 6.45) is 2.52. The number of rotatable bonds is 8. The van der Waals surface area contributed by atoms with E-state index in [2.05, 4.69) is 15.3 Å².